The van der Waals surface area contributed by atoms with E-state index in [9.17, 15) is 5.26 Å². The van der Waals surface area contributed by atoms with Gasteiger partial charge in [-0.1, -0.05) is 18.2 Å². The number of aromatic nitrogens is 1. The van der Waals surface area contributed by atoms with Crippen LogP contribution in [0.4, 0.5) is 5.69 Å². The SMILES string of the molecule is C[C@@H]1CN(c2ccc(C#N)c3ncccc23)C[C@H]2CN(Cc3ccc4c(c3)CNCC4)CCN21. The van der Waals surface area contributed by atoms with E-state index in [0.717, 1.165) is 69.7 Å². The van der Waals surface area contributed by atoms with E-state index < -0.39 is 0 Å². The maximum absolute atomic E-state index is 9.53. The summed E-state index contributed by atoms with van der Waals surface area (Å²) < 4.78 is 0. The number of nitriles is 1. The topological polar surface area (TPSA) is 58.4 Å². The molecular formula is C28H32N6. The molecule has 0 amide bonds. The highest BCUT2D eigenvalue weighted by Gasteiger charge is 2.36. The molecule has 3 aromatic rings. The summed E-state index contributed by atoms with van der Waals surface area (Å²) in [5, 5.41) is 14.1. The molecule has 174 valence electrons. The molecule has 0 bridgehead atoms. The Balaban J connectivity index is 1.21. The summed E-state index contributed by atoms with van der Waals surface area (Å²) in [6, 6.07) is 18.5. The van der Waals surface area contributed by atoms with Crippen molar-refractivity contribution in [2.24, 2.45) is 0 Å². The van der Waals surface area contributed by atoms with Gasteiger partial charge in [0.15, 0.2) is 0 Å². The third-order valence-electron chi connectivity index (χ3n) is 7.87. The molecular weight excluding hydrogens is 420 g/mol. The predicted octanol–water partition coefficient (Wildman–Crippen LogP) is 3.15. The van der Waals surface area contributed by atoms with Crippen LogP contribution in [0.3, 0.4) is 0 Å². The van der Waals surface area contributed by atoms with E-state index >= 15 is 0 Å². The molecule has 2 aromatic carbocycles. The first kappa shape index (κ1) is 21.5. The molecule has 0 saturated carbocycles. The highest BCUT2D eigenvalue weighted by Crippen LogP contribution is 2.32. The van der Waals surface area contributed by atoms with Gasteiger partial charge in [-0.05, 0) is 60.8 Å². The maximum atomic E-state index is 9.53. The molecule has 6 rings (SSSR count). The van der Waals surface area contributed by atoms with Crippen molar-refractivity contribution in [2.75, 3.05) is 44.2 Å². The number of rotatable bonds is 3. The lowest BCUT2D eigenvalue weighted by atomic mass is 9.97. The molecule has 1 N–H and O–H groups in total. The molecule has 0 aliphatic carbocycles. The lowest BCUT2D eigenvalue weighted by Gasteiger charge is -2.51. The standard InChI is InChI=1S/C28H32N6/c1-20-16-33(27-7-6-23(14-29)28-26(27)3-2-9-31-28)19-25-18-32(11-12-34(20)25)17-21-4-5-22-8-10-30-15-24(22)13-21/h2-7,9,13,20,25,30H,8,10-12,15-19H2,1H3/t20-,25-/m1/s1. The van der Waals surface area contributed by atoms with Crippen LogP contribution in [0.15, 0.2) is 48.7 Å². The van der Waals surface area contributed by atoms with Crippen LogP contribution in [0, 0.1) is 11.3 Å². The second kappa shape index (κ2) is 8.99. The normalized spacial score (nSPS) is 23.4. The number of piperazine rings is 2. The zero-order valence-electron chi connectivity index (χ0n) is 19.9. The summed E-state index contributed by atoms with van der Waals surface area (Å²) in [6.07, 6.45) is 2.92. The van der Waals surface area contributed by atoms with Gasteiger partial charge in [-0.15, -0.1) is 0 Å². The number of anilines is 1. The second-order valence-corrected chi connectivity index (χ2v) is 10.1. The summed E-state index contributed by atoms with van der Waals surface area (Å²) in [7, 11) is 0. The number of benzene rings is 2. The number of pyridine rings is 1. The van der Waals surface area contributed by atoms with Crippen LogP contribution < -0.4 is 10.2 Å². The van der Waals surface area contributed by atoms with Crippen molar-refractivity contribution in [2.45, 2.75) is 38.5 Å². The van der Waals surface area contributed by atoms with Crippen LogP contribution in [-0.4, -0.2) is 66.1 Å². The molecule has 4 heterocycles. The van der Waals surface area contributed by atoms with Crippen molar-refractivity contribution in [3.63, 3.8) is 0 Å². The van der Waals surface area contributed by atoms with E-state index in [1.807, 2.05) is 12.1 Å². The highest BCUT2D eigenvalue weighted by atomic mass is 15.4. The van der Waals surface area contributed by atoms with Crippen LogP contribution in [-0.2, 0) is 19.5 Å². The average Bonchev–Trinajstić information content (AvgIpc) is 2.87. The van der Waals surface area contributed by atoms with Gasteiger partial charge < -0.3 is 10.2 Å². The number of nitrogens with one attached hydrogen (secondary N) is 1. The summed E-state index contributed by atoms with van der Waals surface area (Å²) >= 11 is 0. The molecule has 34 heavy (non-hydrogen) atoms. The van der Waals surface area contributed by atoms with Crippen molar-refractivity contribution >= 4 is 16.6 Å². The van der Waals surface area contributed by atoms with Gasteiger partial charge in [0.05, 0.1) is 11.1 Å². The molecule has 2 saturated heterocycles. The molecule has 3 aliphatic heterocycles. The van der Waals surface area contributed by atoms with Gasteiger partial charge in [0.2, 0.25) is 0 Å². The summed E-state index contributed by atoms with van der Waals surface area (Å²) in [5.41, 5.74) is 7.07. The fourth-order valence-electron chi connectivity index (χ4n) is 6.18. The van der Waals surface area contributed by atoms with Gasteiger partial charge in [0.1, 0.15) is 6.07 Å². The summed E-state index contributed by atoms with van der Waals surface area (Å²) in [6.45, 7) is 10.8. The largest absolute Gasteiger partial charge is 0.368 e. The number of fused-ring (bicyclic) bond motifs is 3. The fraction of sp³-hybridized carbons (Fsp3) is 0.429. The zero-order chi connectivity index (χ0) is 23.1. The predicted molar refractivity (Wildman–Crippen MR) is 136 cm³/mol. The van der Waals surface area contributed by atoms with E-state index in [4.69, 9.17) is 0 Å². The van der Waals surface area contributed by atoms with Crippen molar-refractivity contribution in [1.29, 1.82) is 5.26 Å². The minimum absolute atomic E-state index is 0.498. The van der Waals surface area contributed by atoms with Gasteiger partial charge in [0.25, 0.3) is 0 Å². The van der Waals surface area contributed by atoms with Crippen LogP contribution >= 0.6 is 0 Å². The Morgan fingerprint density at radius 3 is 2.94 bits per heavy atom. The van der Waals surface area contributed by atoms with Crippen molar-refractivity contribution < 1.29 is 0 Å². The van der Waals surface area contributed by atoms with Crippen LogP contribution in [0.1, 0.15) is 29.2 Å². The Morgan fingerprint density at radius 2 is 2.03 bits per heavy atom. The van der Waals surface area contributed by atoms with Gasteiger partial charge in [-0.2, -0.15) is 5.26 Å². The highest BCUT2D eigenvalue weighted by molar-refractivity contribution is 5.95. The molecule has 0 spiro atoms. The van der Waals surface area contributed by atoms with E-state index in [1.165, 1.54) is 22.4 Å². The van der Waals surface area contributed by atoms with Gasteiger partial charge in [0, 0.05) is 75.2 Å². The van der Waals surface area contributed by atoms with E-state index in [-0.39, 0.29) is 0 Å². The first-order valence-electron chi connectivity index (χ1n) is 12.5. The molecule has 6 heteroatoms. The molecule has 0 unspecified atom stereocenters. The minimum atomic E-state index is 0.498. The Hall–Kier alpha value is -2.98. The average molecular weight is 453 g/mol. The van der Waals surface area contributed by atoms with E-state index in [0.29, 0.717) is 17.6 Å². The molecule has 3 aliphatic rings. The quantitative estimate of drug-likeness (QED) is 0.659. The third kappa shape index (κ3) is 3.94. The fourth-order valence-corrected chi connectivity index (χ4v) is 6.18. The first-order valence-corrected chi connectivity index (χ1v) is 12.5. The first-order chi connectivity index (χ1) is 16.7. The number of hydrogen-bond donors (Lipinski definition) is 1. The maximum Gasteiger partial charge on any atom is 0.101 e. The monoisotopic (exact) mass is 452 g/mol. The second-order valence-electron chi connectivity index (χ2n) is 10.1. The smallest absolute Gasteiger partial charge is 0.101 e. The van der Waals surface area contributed by atoms with Crippen LogP contribution in [0.5, 0.6) is 0 Å². The minimum Gasteiger partial charge on any atom is -0.368 e. The van der Waals surface area contributed by atoms with Crippen molar-refractivity contribution in [3.8, 4) is 6.07 Å². The van der Waals surface area contributed by atoms with Gasteiger partial charge in [-0.25, -0.2) is 0 Å². The molecule has 2 atom stereocenters. The van der Waals surface area contributed by atoms with E-state index in [2.05, 4.69) is 68.3 Å². The third-order valence-corrected chi connectivity index (χ3v) is 7.87. The lowest BCUT2D eigenvalue weighted by Crippen LogP contribution is -2.65. The molecule has 2 fully saturated rings. The summed E-state index contributed by atoms with van der Waals surface area (Å²) in [4.78, 5) is 12.4. The van der Waals surface area contributed by atoms with Crippen molar-refractivity contribution in [3.05, 3.63) is 70.9 Å². The number of nitrogens with zero attached hydrogens (tertiary/aromatic N) is 5. The van der Waals surface area contributed by atoms with E-state index in [1.54, 1.807) is 6.20 Å². The Bertz CT molecular complexity index is 1250. The van der Waals surface area contributed by atoms with Crippen LogP contribution in [0.25, 0.3) is 10.9 Å². The van der Waals surface area contributed by atoms with Crippen molar-refractivity contribution in [1.82, 2.24) is 20.1 Å². The molecule has 1 aromatic heterocycles. The molecule has 6 nitrogen and oxygen atoms in total. The Morgan fingerprint density at radius 1 is 1.09 bits per heavy atom. The Labute approximate surface area is 201 Å². The number of hydrogen-bond acceptors (Lipinski definition) is 6. The Kier molecular flexibility index (Phi) is 5.70. The lowest BCUT2D eigenvalue weighted by molar-refractivity contribution is 0.0317. The van der Waals surface area contributed by atoms with Gasteiger partial charge in [-0.3, -0.25) is 14.8 Å². The van der Waals surface area contributed by atoms with Gasteiger partial charge >= 0.3 is 0 Å². The summed E-state index contributed by atoms with van der Waals surface area (Å²) in [5.74, 6) is 0. The zero-order valence-corrected chi connectivity index (χ0v) is 19.9. The molecule has 0 radical (unpaired) electrons. The van der Waals surface area contributed by atoms with Crippen LogP contribution in [0.2, 0.25) is 0 Å².